The maximum absolute atomic E-state index is 12.3. The molecule has 0 spiro atoms. The maximum atomic E-state index is 12.3. The molecule has 0 unspecified atom stereocenters. The molecule has 1 aromatic carbocycles. The molecule has 5 nitrogen and oxygen atoms in total. The molecule has 2 fully saturated rings. The highest BCUT2D eigenvalue weighted by molar-refractivity contribution is 5.81. The summed E-state index contributed by atoms with van der Waals surface area (Å²) in [5.74, 6) is 0.132. The van der Waals surface area contributed by atoms with Crippen molar-refractivity contribution >= 4 is 5.97 Å². The third-order valence-corrected chi connectivity index (χ3v) is 3.66. The number of hydrogen-bond donors (Lipinski definition) is 2. The van der Waals surface area contributed by atoms with Gasteiger partial charge in [-0.25, -0.2) is 10.2 Å². The predicted molar refractivity (Wildman–Crippen MR) is 69.0 cm³/mol. The smallest absolute Gasteiger partial charge is 0.330 e. The number of ether oxygens (including phenoxy) is 2. The Labute approximate surface area is 112 Å². The molecule has 2 aliphatic rings. The van der Waals surface area contributed by atoms with Crippen LogP contribution in [0.4, 0.5) is 0 Å². The topological polar surface area (TPSA) is 59.6 Å². The van der Waals surface area contributed by atoms with Gasteiger partial charge in [-0.3, -0.25) is 5.43 Å². The molecule has 2 heterocycles. The van der Waals surface area contributed by atoms with Crippen LogP contribution in [0, 0.1) is 5.92 Å². The second-order valence-electron chi connectivity index (χ2n) is 5.24. The first-order chi connectivity index (χ1) is 9.28. The Morgan fingerprint density at radius 1 is 1.42 bits per heavy atom. The average molecular weight is 262 g/mol. The van der Waals surface area contributed by atoms with Gasteiger partial charge in [0.2, 0.25) is 0 Å². The SMILES string of the molecule is O=C(OCc1ccccc1)[C@]12COC[C@H](CNN1)C2. The molecule has 2 N–H and O–H groups in total. The molecule has 102 valence electrons. The predicted octanol–water partition coefficient (Wildman–Crippen LogP) is 0.613. The summed E-state index contributed by atoms with van der Waals surface area (Å²) in [6.45, 7) is 2.20. The lowest BCUT2D eigenvalue weighted by atomic mass is 9.85. The fourth-order valence-electron chi connectivity index (χ4n) is 2.65. The third kappa shape index (κ3) is 2.63. The molecule has 0 radical (unpaired) electrons. The second-order valence-corrected chi connectivity index (χ2v) is 5.24. The van der Waals surface area contributed by atoms with Crippen LogP contribution in [0.5, 0.6) is 0 Å². The van der Waals surface area contributed by atoms with Gasteiger partial charge in [0.1, 0.15) is 6.61 Å². The molecule has 2 saturated heterocycles. The van der Waals surface area contributed by atoms with Gasteiger partial charge in [-0.2, -0.15) is 0 Å². The van der Waals surface area contributed by atoms with E-state index in [1.807, 2.05) is 30.3 Å². The number of rotatable bonds is 3. The Balaban J connectivity index is 1.63. The molecule has 5 heteroatoms. The van der Waals surface area contributed by atoms with Gasteiger partial charge in [-0.1, -0.05) is 30.3 Å². The van der Waals surface area contributed by atoms with Gasteiger partial charge in [-0.15, -0.1) is 0 Å². The number of carbonyl (C=O) groups is 1. The van der Waals surface area contributed by atoms with Gasteiger partial charge in [0.15, 0.2) is 5.54 Å². The van der Waals surface area contributed by atoms with Gasteiger partial charge >= 0.3 is 5.97 Å². The first-order valence-corrected chi connectivity index (χ1v) is 6.57. The zero-order valence-electron chi connectivity index (χ0n) is 10.7. The van der Waals surface area contributed by atoms with Gasteiger partial charge in [0.05, 0.1) is 13.2 Å². The highest BCUT2D eigenvalue weighted by atomic mass is 16.5. The minimum Gasteiger partial charge on any atom is -0.459 e. The Bertz CT molecular complexity index is 439. The lowest BCUT2D eigenvalue weighted by molar-refractivity contribution is -0.165. The highest BCUT2D eigenvalue weighted by Crippen LogP contribution is 2.27. The molecular weight excluding hydrogens is 244 g/mol. The van der Waals surface area contributed by atoms with Crippen molar-refractivity contribution in [1.82, 2.24) is 10.9 Å². The highest BCUT2D eigenvalue weighted by Gasteiger charge is 2.47. The molecule has 0 amide bonds. The Morgan fingerprint density at radius 3 is 3.11 bits per heavy atom. The van der Waals surface area contributed by atoms with Gasteiger partial charge < -0.3 is 9.47 Å². The van der Waals surface area contributed by atoms with Crippen LogP contribution in [-0.4, -0.2) is 31.3 Å². The standard InChI is InChI=1S/C14H18N2O3/c17-13(19-9-11-4-2-1-3-5-11)14-6-12(7-15-16-14)8-18-10-14/h1-5,12,15-16H,6-10H2/t12-,14-/m0/s1. The van der Waals surface area contributed by atoms with Crippen LogP contribution in [0.2, 0.25) is 0 Å². The van der Waals surface area contributed by atoms with Crippen LogP contribution in [0.25, 0.3) is 0 Å². The van der Waals surface area contributed by atoms with Crippen LogP contribution in [-0.2, 0) is 20.9 Å². The molecule has 2 aliphatic heterocycles. The van der Waals surface area contributed by atoms with E-state index in [-0.39, 0.29) is 5.97 Å². The largest absolute Gasteiger partial charge is 0.459 e. The summed E-state index contributed by atoms with van der Waals surface area (Å²) in [5, 5.41) is 0. The summed E-state index contributed by atoms with van der Waals surface area (Å²) >= 11 is 0. The summed E-state index contributed by atoms with van der Waals surface area (Å²) in [7, 11) is 0. The number of hydrogen-bond acceptors (Lipinski definition) is 5. The van der Waals surface area contributed by atoms with E-state index in [4.69, 9.17) is 9.47 Å². The van der Waals surface area contributed by atoms with Crippen LogP contribution in [0.15, 0.2) is 30.3 Å². The van der Waals surface area contributed by atoms with E-state index in [2.05, 4.69) is 10.9 Å². The Kier molecular flexibility index (Phi) is 3.50. The number of esters is 1. The molecule has 0 saturated carbocycles. The van der Waals surface area contributed by atoms with Crippen molar-refractivity contribution in [2.45, 2.75) is 18.6 Å². The molecule has 2 atom stereocenters. The summed E-state index contributed by atoms with van der Waals surface area (Å²) in [6, 6.07) is 9.69. The van der Waals surface area contributed by atoms with E-state index in [1.165, 1.54) is 0 Å². The molecule has 0 aromatic heterocycles. The number of nitrogens with one attached hydrogen (secondary N) is 2. The van der Waals surface area contributed by atoms with Crippen molar-refractivity contribution in [2.24, 2.45) is 5.92 Å². The van der Waals surface area contributed by atoms with Crippen molar-refractivity contribution in [2.75, 3.05) is 19.8 Å². The van der Waals surface area contributed by atoms with Crippen LogP contribution in [0.3, 0.4) is 0 Å². The molecule has 1 aromatic rings. The van der Waals surface area contributed by atoms with Crippen LogP contribution >= 0.6 is 0 Å². The quantitative estimate of drug-likeness (QED) is 0.782. The maximum Gasteiger partial charge on any atom is 0.330 e. The summed E-state index contributed by atoms with van der Waals surface area (Å²) in [6.07, 6.45) is 0.771. The number of benzene rings is 1. The van der Waals surface area contributed by atoms with Crippen LogP contribution in [0.1, 0.15) is 12.0 Å². The zero-order valence-corrected chi connectivity index (χ0v) is 10.7. The van der Waals surface area contributed by atoms with E-state index in [1.54, 1.807) is 0 Å². The first kappa shape index (κ1) is 12.6. The average Bonchev–Trinajstić information content (AvgIpc) is 2.46. The Hall–Kier alpha value is -1.43. The van der Waals surface area contributed by atoms with Crippen LogP contribution < -0.4 is 10.9 Å². The molecule has 0 aliphatic carbocycles. The lowest BCUT2D eigenvalue weighted by Gasteiger charge is -2.43. The third-order valence-electron chi connectivity index (χ3n) is 3.66. The fraction of sp³-hybridized carbons (Fsp3) is 0.500. The first-order valence-electron chi connectivity index (χ1n) is 6.57. The summed E-state index contributed by atoms with van der Waals surface area (Å²) in [5.41, 5.74) is 6.39. The number of hydrazine groups is 1. The second kappa shape index (κ2) is 5.28. The number of carbonyl (C=O) groups excluding carboxylic acids is 1. The van der Waals surface area contributed by atoms with E-state index in [9.17, 15) is 4.79 Å². The van der Waals surface area contributed by atoms with E-state index < -0.39 is 5.54 Å². The normalized spacial score (nSPS) is 29.8. The van der Waals surface area contributed by atoms with Crippen molar-refractivity contribution in [3.8, 4) is 0 Å². The number of fused-ring (bicyclic) bond motifs is 2. The van der Waals surface area contributed by atoms with E-state index >= 15 is 0 Å². The monoisotopic (exact) mass is 262 g/mol. The van der Waals surface area contributed by atoms with Crippen molar-refractivity contribution in [3.05, 3.63) is 35.9 Å². The molecule has 19 heavy (non-hydrogen) atoms. The van der Waals surface area contributed by atoms with E-state index in [0.717, 1.165) is 18.5 Å². The molecular formula is C14H18N2O3. The zero-order chi connectivity index (χ0) is 13.1. The van der Waals surface area contributed by atoms with Crippen molar-refractivity contribution in [3.63, 3.8) is 0 Å². The van der Waals surface area contributed by atoms with Gasteiger partial charge in [0, 0.05) is 6.54 Å². The fourth-order valence-corrected chi connectivity index (χ4v) is 2.65. The van der Waals surface area contributed by atoms with Gasteiger partial charge in [0.25, 0.3) is 0 Å². The lowest BCUT2D eigenvalue weighted by Crippen LogP contribution is -2.68. The van der Waals surface area contributed by atoms with Crippen molar-refractivity contribution < 1.29 is 14.3 Å². The minimum absolute atomic E-state index is 0.242. The molecule has 3 rings (SSSR count). The van der Waals surface area contributed by atoms with Gasteiger partial charge in [-0.05, 0) is 17.9 Å². The Morgan fingerprint density at radius 2 is 2.26 bits per heavy atom. The minimum atomic E-state index is -0.726. The van der Waals surface area contributed by atoms with Crippen molar-refractivity contribution in [1.29, 1.82) is 0 Å². The van der Waals surface area contributed by atoms with E-state index in [0.29, 0.717) is 25.7 Å². The summed E-state index contributed by atoms with van der Waals surface area (Å²) < 4.78 is 10.9. The molecule has 2 bridgehead atoms. The summed E-state index contributed by atoms with van der Waals surface area (Å²) in [4.78, 5) is 12.3.